The molecule has 0 radical (unpaired) electrons. The lowest BCUT2D eigenvalue weighted by Gasteiger charge is -2.34. The molecule has 2 heteroatoms. The molecule has 1 aliphatic rings. The van der Waals surface area contributed by atoms with Crippen molar-refractivity contribution in [3.8, 4) is 5.75 Å². The lowest BCUT2D eigenvalue weighted by atomic mass is 9.83. The van der Waals surface area contributed by atoms with Gasteiger partial charge >= 0.3 is 0 Å². The van der Waals surface area contributed by atoms with Crippen LogP contribution in [0.15, 0.2) is 24.3 Å². The van der Waals surface area contributed by atoms with Gasteiger partial charge in [-0.05, 0) is 49.1 Å². The van der Waals surface area contributed by atoms with Crippen molar-refractivity contribution in [1.29, 1.82) is 0 Å². The van der Waals surface area contributed by atoms with Gasteiger partial charge in [-0.2, -0.15) is 0 Å². The average molecular weight is 275 g/mol. The highest BCUT2D eigenvalue weighted by molar-refractivity contribution is 5.36. The minimum Gasteiger partial charge on any atom is -0.489 e. The van der Waals surface area contributed by atoms with E-state index in [0.717, 1.165) is 30.9 Å². The summed E-state index contributed by atoms with van der Waals surface area (Å²) in [5.41, 5.74) is 7.60. The third-order valence-corrected chi connectivity index (χ3v) is 4.87. The smallest absolute Gasteiger partial charge is 0.123 e. The van der Waals surface area contributed by atoms with Crippen LogP contribution in [0.4, 0.5) is 0 Å². The van der Waals surface area contributed by atoms with Crippen LogP contribution in [0.3, 0.4) is 0 Å². The predicted molar refractivity (Wildman–Crippen MR) is 85.2 cm³/mol. The van der Waals surface area contributed by atoms with Crippen molar-refractivity contribution < 1.29 is 4.74 Å². The van der Waals surface area contributed by atoms with E-state index in [0.29, 0.717) is 5.92 Å². The maximum atomic E-state index is 6.33. The molecule has 1 aromatic carbocycles. The van der Waals surface area contributed by atoms with E-state index in [1.165, 1.54) is 18.4 Å². The minimum absolute atomic E-state index is 0.180. The number of hydrogen-bond acceptors (Lipinski definition) is 2. The van der Waals surface area contributed by atoms with Gasteiger partial charge < -0.3 is 10.5 Å². The number of hydrogen-bond donors (Lipinski definition) is 1. The number of ether oxygens (including phenoxy) is 1. The van der Waals surface area contributed by atoms with Crippen LogP contribution in [-0.2, 0) is 0 Å². The number of rotatable bonds is 5. The Morgan fingerprint density at radius 2 is 2.00 bits per heavy atom. The molecule has 0 aromatic heterocycles. The second-order valence-electron chi connectivity index (χ2n) is 6.25. The fourth-order valence-electron chi connectivity index (χ4n) is 3.12. The molecule has 0 bridgehead atoms. The van der Waals surface area contributed by atoms with Gasteiger partial charge in [0, 0.05) is 6.04 Å². The molecule has 2 nitrogen and oxygen atoms in total. The molecule has 4 atom stereocenters. The van der Waals surface area contributed by atoms with E-state index < -0.39 is 0 Å². The Hall–Kier alpha value is -1.02. The molecule has 4 unspecified atom stereocenters. The zero-order valence-corrected chi connectivity index (χ0v) is 13.1. The first-order chi connectivity index (χ1) is 9.65. The second kappa shape index (κ2) is 7.12. The van der Waals surface area contributed by atoms with E-state index in [2.05, 4.69) is 45.0 Å². The van der Waals surface area contributed by atoms with Crippen molar-refractivity contribution >= 4 is 0 Å². The summed E-state index contributed by atoms with van der Waals surface area (Å²) in [6.45, 7) is 6.75. The quantitative estimate of drug-likeness (QED) is 0.859. The van der Waals surface area contributed by atoms with Crippen LogP contribution in [-0.4, -0.2) is 12.1 Å². The number of nitrogens with two attached hydrogens (primary N) is 1. The molecule has 0 heterocycles. The Morgan fingerprint density at radius 3 is 2.70 bits per heavy atom. The maximum absolute atomic E-state index is 6.33. The van der Waals surface area contributed by atoms with Gasteiger partial charge in [-0.25, -0.2) is 0 Å². The van der Waals surface area contributed by atoms with Crippen molar-refractivity contribution in [1.82, 2.24) is 0 Å². The Labute approximate surface area is 123 Å². The summed E-state index contributed by atoms with van der Waals surface area (Å²) >= 11 is 0. The van der Waals surface area contributed by atoms with E-state index >= 15 is 0 Å². The normalized spacial score (nSPS) is 28.1. The molecule has 1 saturated carbocycles. The molecule has 0 aliphatic heterocycles. The molecule has 1 aromatic rings. The van der Waals surface area contributed by atoms with E-state index in [1.54, 1.807) is 0 Å². The minimum atomic E-state index is 0.180. The summed E-state index contributed by atoms with van der Waals surface area (Å²) in [7, 11) is 0. The van der Waals surface area contributed by atoms with Crippen molar-refractivity contribution in [3.63, 3.8) is 0 Å². The molecule has 1 fully saturated rings. The Bertz CT molecular complexity index is 418. The van der Waals surface area contributed by atoms with Gasteiger partial charge in [0.2, 0.25) is 0 Å². The van der Waals surface area contributed by atoms with Crippen molar-refractivity contribution in [2.75, 3.05) is 0 Å². The largest absolute Gasteiger partial charge is 0.489 e. The van der Waals surface area contributed by atoms with E-state index in [-0.39, 0.29) is 12.1 Å². The Kier molecular flexibility index (Phi) is 5.47. The number of para-hydroxylation sites is 1. The third-order valence-electron chi connectivity index (χ3n) is 4.87. The number of benzene rings is 1. The van der Waals surface area contributed by atoms with Crippen LogP contribution in [0.5, 0.6) is 5.75 Å². The fraction of sp³-hybridized carbons (Fsp3) is 0.667. The first kappa shape index (κ1) is 15.4. The van der Waals surface area contributed by atoms with E-state index in [9.17, 15) is 0 Å². The zero-order valence-electron chi connectivity index (χ0n) is 13.1. The lowest BCUT2D eigenvalue weighted by Crippen LogP contribution is -2.44. The van der Waals surface area contributed by atoms with Gasteiger partial charge in [-0.3, -0.25) is 0 Å². The molecular formula is C18H29NO. The summed E-state index contributed by atoms with van der Waals surface area (Å²) in [5.74, 6) is 2.35. The van der Waals surface area contributed by atoms with Crippen molar-refractivity contribution in [2.45, 2.75) is 70.9 Å². The SMILES string of the molecule is CCC1CCC(N)C(Oc2ccccc2C(C)CC)C1. The summed E-state index contributed by atoms with van der Waals surface area (Å²) in [5, 5.41) is 0. The van der Waals surface area contributed by atoms with Gasteiger partial charge in [0.15, 0.2) is 0 Å². The van der Waals surface area contributed by atoms with Crippen LogP contribution in [0.1, 0.15) is 64.4 Å². The maximum Gasteiger partial charge on any atom is 0.123 e. The lowest BCUT2D eigenvalue weighted by molar-refractivity contribution is 0.0998. The van der Waals surface area contributed by atoms with Gasteiger partial charge in [-0.15, -0.1) is 0 Å². The third kappa shape index (κ3) is 3.54. The second-order valence-corrected chi connectivity index (χ2v) is 6.25. The highest BCUT2D eigenvalue weighted by atomic mass is 16.5. The molecular weight excluding hydrogens is 246 g/mol. The van der Waals surface area contributed by atoms with Crippen LogP contribution < -0.4 is 10.5 Å². The summed E-state index contributed by atoms with van der Waals surface area (Å²) in [4.78, 5) is 0. The monoisotopic (exact) mass is 275 g/mol. The van der Waals surface area contributed by atoms with Crippen LogP contribution in [0, 0.1) is 5.92 Å². The van der Waals surface area contributed by atoms with Crippen LogP contribution in [0.25, 0.3) is 0 Å². The molecule has 0 amide bonds. The van der Waals surface area contributed by atoms with E-state index in [1.807, 2.05) is 0 Å². The van der Waals surface area contributed by atoms with Crippen molar-refractivity contribution in [2.24, 2.45) is 11.7 Å². The molecule has 0 saturated heterocycles. The predicted octanol–water partition coefficient (Wildman–Crippen LogP) is 4.48. The molecule has 1 aliphatic carbocycles. The van der Waals surface area contributed by atoms with E-state index in [4.69, 9.17) is 10.5 Å². The van der Waals surface area contributed by atoms with Crippen LogP contribution >= 0.6 is 0 Å². The zero-order chi connectivity index (χ0) is 14.5. The molecule has 20 heavy (non-hydrogen) atoms. The van der Waals surface area contributed by atoms with Gasteiger partial charge in [0.05, 0.1) is 0 Å². The highest BCUT2D eigenvalue weighted by Gasteiger charge is 2.29. The summed E-state index contributed by atoms with van der Waals surface area (Å²) in [6, 6.07) is 8.64. The molecule has 2 N–H and O–H groups in total. The van der Waals surface area contributed by atoms with Crippen molar-refractivity contribution in [3.05, 3.63) is 29.8 Å². The van der Waals surface area contributed by atoms with Gasteiger partial charge in [-0.1, -0.05) is 45.4 Å². The van der Waals surface area contributed by atoms with Gasteiger partial charge in [0.25, 0.3) is 0 Å². The fourth-order valence-corrected chi connectivity index (χ4v) is 3.12. The topological polar surface area (TPSA) is 35.2 Å². The summed E-state index contributed by atoms with van der Waals surface area (Å²) < 4.78 is 6.33. The summed E-state index contributed by atoms with van der Waals surface area (Å²) in [6.07, 6.45) is 6.00. The molecule has 2 rings (SSSR count). The van der Waals surface area contributed by atoms with Gasteiger partial charge in [0.1, 0.15) is 11.9 Å². The molecule has 112 valence electrons. The van der Waals surface area contributed by atoms with Crippen LogP contribution in [0.2, 0.25) is 0 Å². The first-order valence-electron chi connectivity index (χ1n) is 8.16. The first-order valence-corrected chi connectivity index (χ1v) is 8.16. The standard InChI is InChI=1S/C18H29NO/c1-4-13(3)15-8-6-7-9-17(15)20-18-12-14(5-2)10-11-16(18)19/h6-9,13-14,16,18H,4-5,10-12,19H2,1-3H3. The molecule has 0 spiro atoms. The average Bonchev–Trinajstić information content (AvgIpc) is 2.49. The Balaban J connectivity index is 2.12. The highest BCUT2D eigenvalue weighted by Crippen LogP contribution is 2.33. The Morgan fingerprint density at radius 1 is 1.25 bits per heavy atom.